The Labute approximate surface area is 93.5 Å². The second-order valence-electron chi connectivity index (χ2n) is 4.00. The van der Waals surface area contributed by atoms with E-state index >= 15 is 0 Å². The molecule has 0 aromatic carbocycles. The van der Waals surface area contributed by atoms with Crippen molar-refractivity contribution in [3.63, 3.8) is 0 Å². The van der Waals surface area contributed by atoms with Crippen molar-refractivity contribution in [3.8, 4) is 0 Å². The lowest BCUT2D eigenvalue weighted by molar-refractivity contribution is 0.603. The largest absolute Gasteiger partial charge is 0.356 e. The van der Waals surface area contributed by atoms with Crippen molar-refractivity contribution in [2.24, 2.45) is 5.92 Å². The normalized spacial score (nSPS) is 17.9. The first-order valence-corrected chi connectivity index (χ1v) is 5.83. The van der Waals surface area contributed by atoms with Gasteiger partial charge in [-0.05, 0) is 53.7 Å². The zero-order chi connectivity index (χ0) is 10.1. The summed E-state index contributed by atoms with van der Waals surface area (Å²) in [5, 5.41) is 0. The summed E-state index contributed by atoms with van der Waals surface area (Å²) in [6.45, 7) is 2.28. The van der Waals surface area contributed by atoms with Crippen molar-refractivity contribution in [2.45, 2.75) is 25.8 Å². The molecule has 0 saturated heterocycles. The lowest BCUT2D eigenvalue weighted by Crippen LogP contribution is -2.31. The fourth-order valence-electron chi connectivity index (χ4n) is 1.72. The molecule has 1 heterocycles. The Balaban J connectivity index is 2.17. The molecule has 2 nitrogen and oxygen atoms in total. The first kappa shape index (κ1) is 9.97. The minimum Gasteiger partial charge on any atom is -0.356 e. The highest BCUT2D eigenvalue weighted by atomic mass is 79.9. The molecule has 1 aliphatic carbocycles. The van der Waals surface area contributed by atoms with E-state index in [0.717, 1.165) is 16.2 Å². The first-order chi connectivity index (χ1) is 6.70. The van der Waals surface area contributed by atoms with E-state index in [1.165, 1.54) is 12.8 Å². The lowest BCUT2D eigenvalue weighted by Gasteiger charge is -2.26. The molecule has 0 radical (unpaired) electrons. The van der Waals surface area contributed by atoms with Crippen molar-refractivity contribution in [2.75, 3.05) is 11.9 Å². The lowest BCUT2D eigenvalue weighted by atomic mass is 10.2. The van der Waals surface area contributed by atoms with E-state index in [4.69, 9.17) is 0 Å². The number of nitrogens with zero attached hydrogens (tertiary/aromatic N) is 2. The summed E-state index contributed by atoms with van der Waals surface area (Å²) in [5.74, 6) is 1.92. The van der Waals surface area contributed by atoms with Gasteiger partial charge in [-0.3, -0.25) is 0 Å². The number of hydrogen-bond acceptors (Lipinski definition) is 2. The van der Waals surface area contributed by atoms with E-state index in [9.17, 15) is 0 Å². The van der Waals surface area contributed by atoms with Crippen molar-refractivity contribution < 1.29 is 0 Å². The molecule has 1 atom stereocenters. The quantitative estimate of drug-likeness (QED) is 0.825. The molecule has 1 aromatic heterocycles. The van der Waals surface area contributed by atoms with Crippen LogP contribution in [0.3, 0.4) is 0 Å². The van der Waals surface area contributed by atoms with Crippen LogP contribution in [0.4, 0.5) is 5.82 Å². The maximum atomic E-state index is 4.39. The molecule has 1 fully saturated rings. The second-order valence-corrected chi connectivity index (χ2v) is 4.85. The Hall–Kier alpha value is -0.570. The number of anilines is 1. The van der Waals surface area contributed by atoms with E-state index in [1.54, 1.807) is 0 Å². The molecule has 1 aromatic rings. The fourth-order valence-corrected chi connectivity index (χ4v) is 2.26. The highest BCUT2D eigenvalue weighted by Crippen LogP contribution is 2.37. The van der Waals surface area contributed by atoms with Gasteiger partial charge < -0.3 is 4.90 Å². The summed E-state index contributed by atoms with van der Waals surface area (Å²) in [7, 11) is 2.12. The summed E-state index contributed by atoms with van der Waals surface area (Å²) in [4.78, 5) is 6.65. The zero-order valence-corrected chi connectivity index (χ0v) is 10.2. The molecule has 0 aliphatic heterocycles. The van der Waals surface area contributed by atoms with Crippen molar-refractivity contribution in [1.82, 2.24) is 4.98 Å². The van der Waals surface area contributed by atoms with Gasteiger partial charge in [0.25, 0.3) is 0 Å². The average molecular weight is 255 g/mol. The highest BCUT2D eigenvalue weighted by molar-refractivity contribution is 9.10. The van der Waals surface area contributed by atoms with Crippen LogP contribution in [0.5, 0.6) is 0 Å². The van der Waals surface area contributed by atoms with Crippen LogP contribution >= 0.6 is 15.9 Å². The molecule has 0 amide bonds. The van der Waals surface area contributed by atoms with Gasteiger partial charge in [0.05, 0.1) is 4.47 Å². The Morgan fingerprint density at radius 3 is 2.86 bits per heavy atom. The maximum Gasteiger partial charge on any atom is 0.142 e. The van der Waals surface area contributed by atoms with Crippen LogP contribution in [0, 0.1) is 5.92 Å². The fraction of sp³-hybridized carbons (Fsp3) is 0.545. The molecule has 1 unspecified atom stereocenters. The van der Waals surface area contributed by atoms with Gasteiger partial charge in [-0.25, -0.2) is 4.98 Å². The van der Waals surface area contributed by atoms with Crippen LogP contribution in [-0.2, 0) is 0 Å². The molecule has 0 spiro atoms. The molecule has 0 bridgehead atoms. The van der Waals surface area contributed by atoms with Crippen LogP contribution in [0.25, 0.3) is 0 Å². The van der Waals surface area contributed by atoms with Crippen LogP contribution in [0.15, 0.2) is 22.8 Å². The van der Waals surface area contributed by atoms with Gasteiger partial charge in [0.15, 0.2) is 0 Å². The molecular formula is C11H15BrN2. The summed E-state index contributed by atoms with van der Waals surface area (Å²) < 4.78 is 1.08. The van der Waals surface area contributed by atoms with E-state index in [-0.39, 0.29) is 0 Å². The van der Waals surface area contributed by atoms with Crippen LogP contribution in [0.1, 0.15) is 19.8 Å². The van der Waals surface area contributed by atoms with Gasteiger partial charge in [-0.1, -0.05) is 0 Å². The molecule has 76 valence electrons. The van der Waals surface area contributed by atoms with Crippen molar-refractivity contribution in [1.29, 1.82) is 0 Å². The Morgan fingerprint density at radius 1 is 1.57 bits per heavy atom. The standard InChI is InChI=1S/C11H15BrN2/c1-8(9-5-6-9)14(2)11-10(12)4-3-7-13-11/h3-4,7-9H,5-6H2,1-2H3. The summed E-state index contributed by atoms with van der Waals surface area (Å²) in [6, 6.07) is 4.59. The number of pyridine rings is 1. The molecule has 1 aliphatic rings. The first-order valence-electron chi connectivity index (χ1n) is 5.03. The van der Waals surface area contributed by atoms with Gasteiger partial charge in [0, 0.05) is 19.3 Å². The van der Waals surface area contributed by atoms with Crippen molar-refractivity contribution in [3.05, 3.63) is 22.8 Å². The molecule has 3 heteroatoms. The van der Waals surface area contributed by atoms with Gasteiger partial charge in [-0.15, -0.1) is 0 Å². The van der Waals surface area contributed by atoms with Crippen LogP contribution in [-0.4, -0.2) is 18.1 Å². The topological polar surface area (TPSA) is 16.1 Å². The Morgan fingerprint density at radius 2 is 2.29 bits per heavy atom. The monoisotopic (exact) mass is 254 g/mol. The van der Waals surface area contributed by atoms with E-state index in [2.05, 4.69) is 39.8 Å². The van der Waals surface area contributed by atoms with Crippen LogP contribution in [0.2, 0.25) is 0 Å². The molecule has 2 rings (SSSR count). The Kier molecular flexibility index (Phi) is 2.77. The highest BCUT2D eigenvalue weighted by Gasteiger charge is 2.31. The maximum absolute atomic E-state index is 4.39. The summed E-state index contributed by atoms with van der Waals surface area (Å²) in [6.07, 6.45) is 4.59. The molecule has 0 N–H and O–H groups in total. The van der Waals surface area contributed by atoms with Gasteiger partial charge in [-0.2, -0.15) is 0 Å². The SMILES string of the molecule is CC(C1CC1)N(C)c1ncccc1Br. The average Bonchev–Trinajstić information content (AvgIpc) is 3.00. The predicted octanol–water partition coefficient (Wildman–Crippen LogP) is 3.08. The zero-order valence-electron chi connectivity index (χ0n) is 8.57. The van der Waals surface area contributed by atoms with Crippen LogP contribution < -0.4 is 4.90 Å². The third kappa shape index (κ3) is 1.92. The number of hydrogen-bond donors (Lipinski definition) is 0. The van der Waals surface area contributed by atoms with E-state index < -0.39 is 0 Å². The minimum atomic E-state index is 0.598. The summed E-state index contributed by atoms with van der Waals surface area (Å²) in [5.41, 5.74) is 0. The molecule has 14 heavy (non-hydrogen) atoms. The predicted molar refractivity (Wildman–Crippen MR) is 62.5 cm³/mol. The molecule has 1 saturated carbocycles. The van der Waals surface area contributed by atoms with Crippen molar-refractivity contribution >= 4 is 21.7 Å². The minimum absolute atomic E-state index is 0.598. The third-order valence-electron chi connectivity index (χ3n) is 2.99. The van der Waals surface area contributed by atoms with Gasteiger partial charge in [0.1, 0.15) is 5.82 Å². The number of rotatable bonds is 3. The Bertz CT molecular complexity index is 323. The van der Waals surface area contributed by atoms with Gasteiger partial charge in [0.2, 0.25) is 0 Å². The number of aromatic nitrogens is 1. The third-order valence-corrected chi connectivity index (χ3v) is 3.61. The molecular weight excluding hydrogens is 240 g/mol. The second kappa shape index (κ2) is 3.89. The smallest absolute Gasteiger partial charge is 0.142 e. The van der Waals surface area contributed by atoms with E-state index in [0.29, 0.717) is 6.04 Å². The van der Waals surface area contributed by atoms with E-state index in [1.807, 2.05) is 18.3 Å². The van der Waals surface area contributed by atoms with Gasteiger partial charge >= 0.3 is 0 Å². The number of halogens is 1. The summed E-state index contributed by atoms with van der Waals surface area (Å²) >= 11 is 3.53.